The monoisotopic (exact) mass is 1010 g/mol. The summed E-state index contributed by atoms with van der Waals surface area (Å²) in [5.41, 5.74) is -1.01. The minimum atomic E-state index is -5.05. The lowest BCUT2D eigenvalue weighted by Gasteiger charge is -2.27. The molecule has 0 atom stereocenters. The van der Waals surface area contributed by atoms with E-state index in [1.165, 1.54) is 31.8 Å². The van der Waals surface area contributed by atoms with Gasteiger partial charge < -0.3 is 24.9 Å². The van der Waals surface area contributed by atoms with Crippen molar-refractivity contribution in [2.75, 3.05) is 0 Å². The molecule has 9 rings (SSSR count). The van der Waals surface area contributed by atoms with Crippen molar-refractivity contribution in [1.82, 2.24) is 0 Å². The smallest absolute Gasteiger partial charge is 0.416 e. The summed E-state index contributed by atoms with van der Waals surface area (Å²) in [7, 11) is -6.83. The van der Waals surface area contributed by atoms with Gasteiger partial charge in [0.05, 0.1) is 29.2 Å². The van der Waals surface area contributed by atoms with Gasteiger partial charge in [-0.15, -0.1) is 0 Å². The van der Waals surface area contributed by atoms with E-state index in [4.69, 9.17) is 0 Å². The first-order valence-electron chi connectivity index (χ1n) is 22.5. The summed E-state index contributed by atoms with van der Waals surface area (Å²) in [6.45, 7) is 0. The zero-order chi connectivity index (χ0) is 51.2. The summed E-state index contributed by atoms with van der Waals surface area (Å²) >= 11 is 0. The molecule has 0 aliphatic rings. The van der Waals surface area contributed by atoms with Gasteiger partial charge in [0.2, 0.25) is 0 Å². The van der Waals surface area contributed by atoms with Crippen LogP contribution in [0.3, 0.4) is 0 Å². The normalized spacial score (nSPS) is 11.6. The molecule has 0 spiro atoms. The standard InChI is InChI=1S/2C25H21OP.C8H3BF6O3/c2*26-22-12-10-11-21(19-22)20-27(23-13-4-1-5-14-23,24-15-6-2-7-16-24)25-17-8-3-9-18-25;10-7(11,12)4-1-5(8(13,14)15)3-6(2-4)18-9(16)17/h2*1-19H,20H2;1-3H/q;;-2/p+2. The van der Waals surface area contributed by atoms with Crippen molar-refractivity contribution in [1.29, 1.82) is 0 Å². The molecule has 9 aromatic rings. The lowest BCUT2D eigenvalue weighted by molar-refractivity contribution is -0.372. The topological polar surface area (TPSA) is 95.8 Å². The van der Waals surface area contributed by atoms with Gasteiger partial charge in [-0.3, -0.25) is 0 Å². The highest BCUT2D eigenvalue weighted by Crippen LogP contribution is 2.59. The number of halogens is 6. The second kappa shape index (κ2) is 23.8. The largest absolute Gasteiger partial charge is 0.860 e. The van der Waals surface area contributed by atoms with E-state index in [2.05, 4.69) is 199 Å². The number of rotatable bonds is 12. The molecule has 0 aliphatic carbocycles. The summed E-state index contributed by atoms with van der Waals surface area (Å²) in [6.07, 6.45) is -8.36. The first kappa shape index (κ1) is 52.6. The Balaban J connectivity index is 0.000000162. The second-order valence-corrected chi connectivity index (χ2v) is 23.4. The maximum absolute atomic E-state index is 12.3. The van der Waals surface area contributed by atoms with Crippen LogP contribution in [0, 0.1) is 0 Å². The summed E-state index contributed by atoms with van der Waals surface area (Å²) in [4.78, 5) is 0. The summed E-state index contributed by atoms with van der Waals surface area (Å²) < 4.78 is 77.5. The van der Waals surface area contributed by atoms with Crippen molar-refractivity contribution in [3.8, 4) is 17.2 Å². The molecule has 5 nitrogen and oxygen atoms in total. The molecule has 14 heteroatoms. The van der Waals surface area contributed by atoms with Crippen LogP contribution in [-0.4, -0.2) is 17.5 Å². The summed E-state index contributed by atoms with van der Waals surface area (Å²) in [5.74, 6) is -0.438. The first-order valence-corrected chi connectivity index (χ1v) is 26.5. The number of phenols is 2. The van der Waals surface area contributed by atoms with Crippen molar-refractivity contribution in [3.05, 3.63) is 271 Å². The third-order valence-electron chi connectivity index (χ3n) is 11.6. The lowest BCUT2D eigenvalue weighted by atomic mass is 10.1. The van der Waals surface area contributed by atoms with Crippen LogP contribution in [0.15, 0.2) is 249 Å². The van der Waals surface area contributed by atoms with E-state index in [1.807, 2.05) is 24.3 Å². The van der Waals surface area contributed by atoms with Crippen LogP contribution >= 0.6 is 14.5 Å². The Hall–Kier alpha value is -7.20. The average molecular weight is 1010 g/mol. The van der Waals surface area contributed by atoms with Crippen LogP contribution in [0.25, 0.3) is 0 Å². The van der Waals surface area contributed by atoms with Crippen molar-refractivity contribution in [2.24, 2.45) is 0 Å². The molecule has 0 unspecified atom stereocenters. The third-order valence-corrected chi connectivity index (χ3v) is 20.4. The van der Waals surface area contributed by atoms with Gasteiger partial charge in [-0.1, -0.05) is 133 Å². The molecule has 0 radical (unpaired) electrons. The SMILES string of the molecule is Oc1cccc(C[P+](c2ccccc2)(c2ccccc2)c2ccccc2)c1.Oc1cccc(C[P+](c2ccccc2)(c2ccccc2)c2ccccc2)c1.[O-]B([O-])Oc1cc(C(F)(F)F)cc(C(F)(F)F)c1. The third kappa shape index (κ3) is 13.2. The molecule has 0 bridgehead atoms. The predicted molar refractivity (Wildman–Crippen MR) is 277 cm³/mol. The molecule has 2 N–H and O–H groups in total. The van der Waals surface area contributed by atoms with Crippen molar-refractivity contribution in [3.63, 3.8) is 0 Å². The fraction of sp³-hybridized carbons (Fsp3) is 0.0690. The van der Waals surface area contributed by atoms with Gasteiger partial charge >= 0.3 is 12.4 Å². The molecule has 0 saturated heterocycles. The van der Waals surface area contributed by atoms with Crippen LogP contribution < -0.4 is 46.5 Å². The van der Waals surface area contributed by atoms with Crippen LogP contribution in [0.2, 0.25) is 0 Å². The first-order chi connectivity index (χ1) is 34.6. The molecule has 0 heterocycles. The molecule has 9 aromatic carbocycles. The van der Waals surface area contributed by atoms with Crippen LogP contribution in [0.1, 0.15) is 22.3 Å². The number of hydrogen-bond donors (Lipinski definition) is 2. The zero-order valence-corrected chi connectivity index (χ0v) is 40.2. The van der Waals surface area contributed by atoms with Gasteiger partial charge in [0.25, 0.3) is 0 Å². The van der Waals surface area contributed by atoms with Crippen molar-refractivity contribution >= 4 is 53.7 Å². The highest BCUT2D eigenvalue weighted by Gasteiger charge is 2.47. The van der Waals surface area contributed by atoms with Crippen LogP contribution in [-0.2, 0) is 24.7 Å². The number of benzene rings is 9. The molecule has 0 fully saturated rings. The van der Waals surface area contributed by atoms with E-state index in [9.17, 15) is 46.6 Å². The Morgan fingerprint density at radius 1 is 0.361 bits per heavy atom. The van der Waals surface area contributed by atoms with Gasteiger partial charge in [0, 0.05) is 0 Å². The Bertz CT molecular complexity index is 2690. The van der Waals surface area contributed by atoms with E-state index >= 15 is 0 Å². The molecule has 0 aliphatic heterocycles. The van der Waals surface area contributed by atoms with Crippen LogP contribution in [0.4, 0.5) is 26.3 Å². The second-order valence-electron chi connectivity index (χ2n) is 16.4. The fourth-order valence-corrected chi connectivity index (χ4v) is 17.0. The Morgan fingerprint density at radius 3 is 0.847 bits per heavy atom. The van der Waals surface area contributed by atoms with Crippen LogP contribution in [0.5, 0.6) is 17.2 Å². The molecule has 0 saturated carbocycles. The molecular weight excluding hydrogens is 963 g/mol. The minimum Gasteiger partial charge on any atom is -0.860 e. The summed E-state index contributed by atoms with van der Waals surface area (Å²) in [6, 6.07) is 80.4. The van der Waals surface area contributed by atoms with Gasteiger partial charge in [0.1, 0.15) is 65.2 Å². The van der Waals surface area contributed by atoms with Gasteiger partial charge in [-0.2, -0.15) is 26.3 Å². The minimum absolute atomic E-state index is 0.141. The molecular formula is C58H47BF6O5P2. The Kier molecular flexibility index (Phi) is 17.4. The molecule has 0 amide bonds. The zero-order valence-electron chi connectivity index (χ0n) is 38.4. The highest BCUT2D eigenvalue weighted by molar-refractivity contribution is 7.95. The van der Waals surface area contributed by atoms with E-state index in [-0.39, 0.29) is 18.2 Å². The van der Waals surface area contributed by atoms with Gasteiger partial charge in [0.15, 0.2) is 0 Å². The average Bonchev–Trinajstić information content (AvgIpc) is 3.38. The van der Waals surface area contributed by atoms with E-state index in [0.29, 0.717) is 11.5 Å². The van der Waals surface area contributed by atoms with Gasteiger partial charge in [-0.25, -0.2) is 0 Å². The van der Waals surface area contributed by atoms with E-state index < -0.39 is 51.1 Å². The predicted octanol–water partition coefficient (Wildman–Crippen LogP) is 10.6. The Morgan fingerprint density at radius 2 is 0.625 bits per heavy atom. The molecule has 364 valence electrons. The van der Waals surface area contributed by atoms with E-state index in [1.54, 1.807) is 12.1 Å². The van der Waals surface area contributed by atoms with Crippen molar-refractivity contribution in [2.45, 2.75) is 24.7 Å². The van der Waals surface area contributed by atoms with E-state index in [0.717, 1.165) is 23.5 Å². The Labute approximate surface area is 416 Å². The number of alkyl halides is 6. The lowest BCUT2D eigenvalue weighted by Crippen LogP contribution is -2.50. The maximum Gasteiger partial charge on any atom is 0.416 e. The quantitative estimate of drug-likeness (QED) is 0.0722. The van der Waals surface area contributed by atoms with Crippen molar-refractivity contribution < 1.29 is 51.3 Å². The molecule has 72 heavy (non-hydrogen) atoms. The fourth-order valence-electron chi connectivity index (χ4n) is 8.50. The van der Waals surface area contributed by atoms with Gasteiger partial charge in [-0.05, 0) is 126 Å². The number of aromatic hydroxyl groups is 2. The number of phenolic OH excluding ortho intramolecular Hbond substituents is 2. The highest BCUT2D eigenvalue weighted by atomic mass is 31.2. The maximum atomic E-state index is 12.3. The molecule has 0 aromatic heterocycles. The summed E-state index contributed by atoms with van der Waals surface area (Å²) in [5, 5.41) is 48.3. The number of hydrogen-bond acceptors (Lipinski definition) is 5.